The second-order valence-electron chi connectivity index (χ2n) is 7.74. The van der Waals surface area contributed by atoms with E-state index in [0.29, 0.717) is 29.6 Å². The average Bonchev–Trinajstić information content (AvgIpc) is 3.24. The summed E-state index contributed by atoms with van der Waals surface area (Å²) in [5.41, 5.74) is 7.27. The molecule has 5 rings (SSSR count). The van der Waals surface area contributed by atoms with Crippen LogP contribution in [-0.4, -0.2) is 48.7 Å². The molecule has 3 N–H and O–H groups in total. The Morgan fingerprint density at radius 3 is 2.81 bits per heavy atom. The van der Waals surface area contributed by atoms with Gasteiger partial charge in [-0.25, -0.2) is 9.97 Å². The van der Waals surface area contributed by atoms with Gasteiger partial charge in [-0.2, -0.15) is 0 Å². The topological polar surface area (TPSA) is 124 Å². The molecule has 1 saturated heterocycles. The van der Waals surface area contributed by atoms with E-state index in [1.807, 2.05) is 23.1 Å². The largest absolute Gasteiger partial charge is 0.768 e. The third kappa shape index (κ3) is 4.09. The number of nitrogens with two attached hydrogens (primary N) is 1. The van der Waals surface area contributed by atoms with Crippen molar-refractivity contribution in [3.63, 3.8) is 0 Å². The molecule has 1 atom stereocenters. The second-order valence-corrected chi connectivity index (χ2v) is 9.76. The molecular formula is C22H20N5O3S2-. The van der Waals surface area contributed by atoms with Crippen molar-refractivity contribution in [2.45, 2.75) is 23.8 Å². The van der Waals surface area contributed by atoms with Crippen molar-refractivity contribution in [2.24, 2.45) is 5.73 Å². The molecule has 0 saturated carbocycles. The van der Waals surface area contributed by atoms with Gasteiger partial charge in [0.25, 0.3) is 5.91 Å². The Labute approximate surface area is 190 Å². The van der Waals surface area contributed by atoms with Crippen LogP contribution in [0.1, 0.15) is 22.5 Å². The number of piperidine rings is 1. The number of carbonyl (C=O) groups is 1. The number of hydrogen-bond acceptors (Lipinski definition) is 8. The molecule has 164 valence electrons. The Bertz CT molecular complexity index is 1350. The predicted molar refractivity (Wildman–Crippen MR) is 125 cm³/mol. The summed E-state index contributed by atoms with van der Waals surface area (Å²) in [4.78, 5) is 24.7. The Kier molecular flexibility index (Phi) is 5.60. The molecule has 0 spiro atoms. The SMILES string of the molecule is NC1CCN(C(=O)c2cc3c(ccc4cnc(Nc5cccc(S(=O)[O-])c5)nc43)s2)CC1. The lowest BCUT2D eigenvalue weighted by Crippen LogP contribution is -2.42. The van der Waals surface area contributed by atoms with Crippen molar-refractivity contribution < 1.29 is 13.6 Å². The number of rotatable bonds is 4. The minimum Gasteiger partial charge on any atom is -0.768 e. The van der Waals surface area contributed by atoms with Gasteiger partial charge in [-0.05, 0) is 60.3 Å². The first-order valence-corrected chi connectivity index (χ1v) is 12.1. The molecule has 0 radical (unpaired) electrons. The van der Waals surface area contributed by atoms with Crippen molar-refractivity contribution in [1.29, 1.82) is 0 Å². The summed E-state index contributed by atoms with van der Waals surface area (Å²) in [5.74, 6) is 0.379. The van der Waals surface area contributed by atoms with E-state index < -0.39 is 11.1 Å². The molecule has 3 heterocycles. The number of carbonyl (C=O) groups excluding carboxylic acids is 1. The Hall–Kier alpha value is -2.92. The number of likely N-dealkylation sites (tertiary alicyclic amines) is 1. The number of anilines is 2. The lowest BCUT2D eigenvalue weighted by Gasteiger charge is -2.29. The van der Waals surface area contributed by atoms with Gasteiger partial charge in [0.05, 0.1) is 10.4 Å². The maximum atomic E-state index is 13.0. The van der Waals surface area contributed by atoms with E-state index in [-0.39, 0.29) is 16.8 Å². The van der Waals surface area contributed by atoms with E-state index in [9.17, 15) is 13.6 Å². The van der Waals surface area contributed by atoms with E-state index >= 15 is 0 Å². The van der Waals surface area contributed by atoms with Gasteiger partial charge in [-0.1, -0.05) is 6.07 Å². The van der Waals surface area contributed by atoms with Crippen LogP contribution < -0.4 is 11.1 Å². The zero-order chi connectivity index (χ0) is 22.2. The van der Waals surface area contributed by atoms with Crippen LogP contribution >= 0.6 is 11.3 Å². The van der Waals surface area contributed by atoms with Crippen LogP contribution in [0.25, 0.3) is 21.0 Å². The van der Waals surface area contributed by atoms with Crippen molar-refractivity contribution in [2.75, 3.05) is 18.4 Å². The highest BCUT2D eigenvalue weighted by Gasteiger charge is 2.23. The number of benzene rings is 2. The highest BCUT2D eigenvalue weighted by Crippen LogP contribution is 2.32. The standard InChI is InChI=1S/C22H21N5O3S2/c23-14-6-8-27(9-7-14)21(28)19-11-17-18(31-19)5-4-13-12-24-22(26-20(13)17)25-15-2-1-3-16(10-15)32(29)30/h1-5,10-12,14H,6-9,23H2,(H,29,30)(H,24,25,26)/p-1. The highest BCUT2D eigenvalue weighted by molar-refractivity contribution is 7.79. The van der Waals surface area contributed by atoms with Gasteiger partial charge in [0, 0.05) is 51.4 Å². The molecular weight excluding hydrogens is 446 g/mol. The van der Waals surface area contributed by atoms with E-state index in [4.69, 9.17) is 5.73 Å². The lowest BCUT2D eigenvalue weighted by molar-refractivity contribution is 0.0720. The zero-order valence-electron chi connectivity index (χ0n) is 17.0. The number of nitrogens with one attached hydrogen (secondary N) is 1. The molecule has 1 unspecified atom stereocenters. The molecule has 10 heteroatoms. The van der Waals surface area contributed by atoms with Gasteiger partial charge in [0.15, 0.2) is 0 Å². The minimum atomic E-state index is -2.32. The third-order valence-corrected chi connectivity index (χ3v) is 7.29. The first kappa shape index (κ1) is 21.0. The van der Waals surface area contributed by atoms with Crippen LogP contribution in [0.5, 0.6) is 0 Å². The summed E-state index contributed by atoms with van der Waals surface area (Å²) >= 11 is -0.859. The zero-order valence-corrected chi connectivity index (χ0v) is 18.6. The Morgan fingerprint density at radius 2 is 2.03 bits per heavy atom. The molecule has 32 heavy (non-hydrogen) atoms. The van der Waals surface area contributed by atoms with E-state index in [1.54, 1.807) is 18.3 Å². The fraction of sp³-hybridized carbons (Fsp3) is 0.227. The maximum Gasteiger partial charge on any atom is 0.263 e. The molecule has 1 amide bonds. The van der Waals surface area contributed by atoms with Crippen molar-refractivity contribution in [3.8, 4) is 0 Å². The fourth-order valence-corrected chi connectivity index (χ4v) is 5.28. The van der Waals surface area contributed by atoms with Crippen molar-refractivity contribution >= 4 is 60.9 Å². The molecule has 2 aromatic heterocycles. The first-order chi connectivity index (χ1) is 15.5. The van der Waals surface area contributed by atoms with Gasteiger partial charge in [-0.3, -0.25) is 9.00 Å². The van der Waals surface area contributed by atoms with Crippen LogP contribution in [-0.2, 0) is 11.1 Å². The van der Waals surface area contributed by atoms with Crippen LogP contribution in [0.2, 0.25) is 0 Å². The van der Waals surface area contributed by atoms with Crippen LogP contribution in [0.4, 0.5) is 11.6 Å². The van der Waals surface area contributed by atoms with E-state index in [1.165, 1.54) is 23.5 Å². The summed E-state index contributed by atoms with van der Waals surface area (Å²) in [6, 6.07) is 12.4. The van der Waals surface area contributed by atoms with Crippen molar-refractivity contribution in [3.05, 3.63) is 53.5 Å². The molecule has 0 aliphatic carbocycles. The molecule has 4 aromatic rings. The Morgan fingerprint density at radius 1 is 1.22 bits per heavy atom. The summed E-state index contributed by atoms with van der Waals surface area (Å²) in [6.07, 6.45) is 3.36. The predicted octanol–water partition coefficient (Wildman–Crippen LogP) is 3.39. The molecule has 1 aliphatic heterocycles. The molecule has 1 aliphatic rings. The van der Waals surface area contributed by atoms with Crippen LogP contribution in [0.15, 0.2) is 53.6 Å². The Balaban J connectivity index is 1.48. The summed E-state index contributed by atoms with van der Waals surface area (Å²) in [5, 5.41) is 4.81. The summed E-state index contributed by atoms with van der Waals surface area (Å²) < 4.78 is 23.4. The second kappa shape index (κ2) is 8.55. The van der Waals surface area contributed by atoms with E-state index in [0.717, 1.165) is 33.8 Å². The molecule has 2 aromatic carbocycles. The number of nitrogens with zero attached hydrogens (tertiary/aromatic N) is 3. The molecule has 8 nitrogen and oxygen atoms in total. The van der Waals surface area contributed by atoms with Crippen molar-refractivity contribution in [1.82, 2.24) is 14.9 Å². The fourth-order valence-electron chi connectivity index (χ4n) is 3.84. The monoisotopic (exact) mass is 466 g/mol. The van der Waals surface area contributed by atoms with Gasteiger partial charge in [0.1, 0.15) is 0 Å². The third-order valence-electron chi connectivity index (χ3n) is 5.57. The normalized spacial score (nSPS) is 15.9. The lowest BCUT2D eigenvalue weighted by atomic mass is 10.1. The minimum absolute atomic E-state index is 0.0288. The summed E-state index contributed by atoms with van der Waals surface area (Å²) in [6.45, 7) is 1.36. The van der Waals surface area contributed by atoms with Crippen LogP contribution in [0, 0.1) is 0 Å². The van der Waals surface area contributed by atoms with Gasteiger partial charge < -0.3 is 20.5 Å². The van der Waals surface area contributed by atoms with E-state index in [2.05, 4.69) is 15.3 Å². The van der Waals surface area contributed by atoms with Gasteiger partial charge in [0.2, 0.25) is 5.95 Å². The maximum absolute atomic E-state index is 13.0. The highest BCUT2D eigenvalue weighted by atomic mass is 32.2. The molecule has 1 fully saturated rings. The average molecular weight is 467 g/mol. The number of hydrogen-bond donors (Lipinski definition) is 2. The number of aromatic nitrogens is 2. The quantitative estimate of drug-likeness (QED) is 0.442. The van der Waals surface area contributed by atoms with Gasteiger partial charge in [-0.15, -0.1) is 11.3 Å². The summed E-state index contributed by atoms with van der Waals surface area (Å²) in [7, 11) is 0. The molecule has 0 bridgehead atoms. The smallest absolute Gasteiger partial charge is 0.263 e. The number of fused-ring (bicyclic) bond motifs is 3. The van der Waals surface area contributed by atoms with Gasteiger partial charge >= 0.3 is 0 Å². The first-order valence-electron chi connectivity index (χ1n) is 10.2. The van der Waals surface area contributed by atoms with Crippen LogP contribution in [0.3, 0.4) is 0 Å². The number of thiophene rings is 1. The number of amides is 1.